The normalized spacial score (nSPS) is 22.3. The summed E-state index contributed by atoms with van der Waals surface area (Å²) in [5.41, 5.74) is 5.37. The summed E-state index contributed by atoms with van der Waals surface area (Å²) in [5.74, 6) is -0.868. The maximum absolute atomic E-state index is 11.1. The average molecular weight is 270 g/mol. The predicted molar refractivity (Wildman–Crippen MR) is 78.2 cm³/mol. The topological polar surface area (TPSA) is 66.6 Å². The lowest BCUT2D eigenvalue weighted by Crippen LogP contribution is -2.47. The summed E-state index contributed by atoms with van der Waals surface area (Å²) in [6.45, 7) is 9.70. The highest BCUT2D eigenvalue weighted by molar-refractivity contribution is 5.78. The van der Waals surface area contributed by atoms with Crippen LogP contribution in [0.25, 0.3) is 0 Å². The van der Waals surface area contributed by atoms with Crippen molar-refractivity contribution >= 4 is 5.97 Å². The van der Waals surface area contributed by atoms with Crippen molar-refractivity contribution in [3.05, 3.63) is 0 Å². The van der Waals surface area contributed by atoms with Crippen molar-refractivity contribution in [3.8, 4) is 0 Å². The van der Waals surface area contributed by atoms with Crippen LogP contribution in [-0.2, 0) is 4.79 Å². The van der Waals surface area contributed by atoms with Crippen molar-refractivity contribution < 1.29 is 9.90 Å². The van der Waals surface area contributed by atoms with Crippen LogP contribution in [0.3, 0.4) is 0 Å². The number of hydrogen-bond acceptors (Lipinski definition) is 3. The lowest BCUT2D eigenvalue weighted by atomic mass is 9.82. The van der Waals surface area contributed by atoms with Gasteiger partial charge in [-0.1, -0.05) is 20.8 Å². The first kappa shape index (κ1) is 16.4. The van der Waals surface area contributed by atoms with Crippen molar-refractivity contribution in [2.45, 2.75) is 64.8 Å². The highest BCUT2D eigenvalue weighted by Gasteiger charge is 2.35. The van der Waals surface area contributed by atoms with Gasteiger partial charge in [-0.3, -0.25) is 4.79 Å². The lowest BCUT2D eigenvalue weighted by molar-refractivity contribution is -0.143. The largest absolute Gasteiger partial charge is 0.480 e. The van der Waals surface area contributed by atoms with Crippen LogP contribution >= 0.6 is 0 Å². The fourth-order valence-electron chi connectivity index (χ4n) is 3.10. The van der Waals surface area contributed by atoms with Crippen LogP contribution in [0.1, 0.15) is 59.3 Å². The zero-order chi connectivity index (χ0) is 14.5. The van der Waals surface area contributed by atoms with Crippen LogP contribution < -0.4 is 5.73 Å². The maximum atomic E-state index is 11.1. The van der Waals surface area contributed by atoms with E-state index in [1.54, 1.807) is 0 Å². The van der Waals surface area contributed by atoms with Crippen LogP contribution in [-0.4, -0.2) is 41.1 Å². The molecule has 112 valence electrons. The van der Waals surface area contributed by atoms with Crippen molar-refractivity contribution in [1.82, 2.24) is 4.90 Å². The molecule has 1 rings (SSSR count). The van der Waals surface area contributed by atoms with E-state index in [0.717, 1.165) is 26.1 Å². The number of carboxylic acids is 1. The molecule has 0 amide bonds. The molecule has 1 saturated heterocycles. The molecule has 0 radical (unpaired) electrons. The zero-order valence-electron chi connectivity index (χ0n) is 12.7. The van der Waals surface area contributed by atoms with Gasteiger partial charge in [-0.25, -0.2) is 0 Å². The second-order valence-electron chi connectivity index (χ2n) is 6.15. The molecule has 4 nitrogen and oxygen atoms in total. The van der Waals surface area contributed by atoms with E-state index in [4.69, 9.17) is 10.8 Å². The van der Waals surface area contributed by atoms with Crippen LogP contribution in [0.4, 0.5) is 0 Å². The van der Waals surface area contributed by atoms with Gasteiger partial charge in [-0.2, -0.15) is 0 Å². The van der Waals surface area contributed by atoms with E-state index in [0.29, 0.717) is 18.3 Å². The van der Waals surface area contributed by atoms with Crippen LogP contribution in [0.2, 0.25) is 0 Å². The maximum Gasteiger partial charge on any atom is 0.323 e. The monoisotopic (exact) mass is 270 g/mol. The quantitative estimate of drug-likeness (QED) is 0.711. The summed E-state index contributed by atoms with van der Waals surface area (Å²) in [4.78, 5) is 13.6. The molecule has 1 heterocycles. The van der Waals surface area contributed by atoms with E-state index in [1.165, 1.54) is 19.3 Å². The molecule has 3 N–H and O–H groups in total. The number of rotatable bonds is 8. The van der Waals surface area contributed by atoms with Gasteiger partial charge in [0.05, 0.1) is 0 Å². The standard InChI is InChI=1S/C15H30N2O2/c1-4-14(5-2)9-11-17(12-14)10-7-8-15(16,6-3)13(18)19/h4-12,16H2,1-3H3,(H,18,19). The highest BCUT2D eigenvalue weighted by atomic mass is 16.4. The molecule has 1 atom stereocenters. The molecular formula is C15H30N2O2. The molecule has 1 aliphatic rings. The molecule has 0 aromatic rings. The number of carbonyl (C=O) groups is 1. The Morgan fingerprint density at radius 3 is 2.42 bits per heavy atom. The number of aliphatic carboxylic acids is 1. The third-order valence-electron chi connectivity index (χ3n) is 5.17. The molecule has 0 spiro atoms. The van der Waals surface area contributed by atoms with Crippen molar-refractivity contribution in [1.29, 1.82) is 0 Å². The van der Waals surface area contributed by atoms with E-state index in [2.05, 4.69) is 18.7 Å². The van der Waals surface area contributed by atoms with Gasteiger partial charge >= 0.3 is 5.97 Å². The molecule has 0 aliphatic carbocycles. The minimum atomic E-state index is -1.04. The fourth-order valence-corrected chi connectivity index (χ4v) is 3.10. The summed E-state index contributed by atoms with van der Waals surface area (Å²) in [7, 11) is 0. The van der Waals surface area contributed by atoms with Gasteiger partial charge in [0.2, 0.25) is 0 Å². The molecule has 4 heteroatoms. The van der Waals surface area contributed by atoms with Gasteiger partial charge in [-0.05, 0) is 57.0 Å². The Hall–Kier alpha value is -0.610. The van der Waals surface area contributed by atoms with Gasteiger partial charge in [0, 0.05) is 6.54 Å². The second kappa shape index (κ2) is 6.71. The minimum Gasteiger partial charge on any atom is -0.480 e. The summed E-state index contributed by atoms with van der Waals surface area (Å²) in [6.07, 6.45) is 5.70. The summed E-state index contributed by atoms with van der Waals surface area (Å²) >= 11 is 0. The molecule has 0 aromatic heterocycles. The first-order valence-electron chi connectivity index (χ1n) is 7.66. The Bertz CT molecular complexity index is 303. The van der Waals surface area contributed by atoms with Gasteiger partial charge in [0.25, 0.3) is 0 Å². The number of hydrogen-bond donors (Lipinski definition) is 2. The smallest absolute Gasteiger partial charge is 0.323 e. The highest BCUT2D eigenvalue weighted by Crippen LogP contribution is 2.37. The SMILES string of the molecule is CCC1(CC)CCN(CCCC(N)(CC)C(=O)O)C1. The molecule has 0 aromatic carbocycles. The second-order valence-corrected chi connectivity index (χ2v) is 6.15. The van der Waals surface area contributed by atoms with Crippen molar-refractivity contribution in [3.63, 3.8) is 0 Å². The Kier molecular flexibility index (Phi) is 5.81. The Labute approximate surface area is 117 Å². The molecule has 1 unspecified atom stereocenters. The molecule has 0 saturated carbocycles. The first-order valence-corrected chi connectivity index (χ1v) is 7.66. The molecule has 0 bridgehead atoms. The van der Waals surface area contributed by atoms with Crippen LogP contribution in [0, 0.1) is 5.41 Å². The van der Waals surface area contributed by atoms with E-state index in [-0.39, 0.29) is 0 Å². The number of nitrogens with two attached hydrogens (primary N) is 1. The fraction of sp³-hybridized carbons (Fsp3) is 0.933. The summed E-state index contributed by atoms with van der Waals surface area (Å²) in [5, 5.41) is 9.15. The van der Waals surface area contributed by atoms with Gasteiger partial charge in [-0.15, -0.1) is 0 Å². The molecule has 19 heavy (non-hydrogen) atoms. The van der Waals surface area contributed by atoms with Gasteiger partial charge < -0.3 is 15.7 Å². The van der Waals surface area contributed by atoms with Crippen LogP contribution in [0.15, 0.2) is 0 Å². The molecule has 1 aliphatic heterocycles. The number of likely N-dealkylation sites (tertiary alicyclic amines) is 1. The molecule has 1 fully saturated rings. The lowest BCUT2D eigenvalue weighted by Gasteiger charge is -2.27. The Balaban J connectivity index is 2.37. The Morgan fingerprint density at radius 2 is 2.00 bits per heavy atom. The van der Waals surface area contributed by atoms with E-state index in [9.17, 15) is 4.79 Å². The third kappa shape index (κ3) is 3.93. The summed E-state index contributed by atoms with van der Waals surface area (Å²) < 4.78 is 0. The van der Waals surface area contributed by atoms with Gasteiger partial charge in [0.15, 0.2) is 0 Å². The zero-order valence-corrected chi connectivity index (χ0v) is 12.7. The minimum absolute atomic E-state index is 0.496. The first-order chi connectivity index (χ1) is 8.91. The Morgan fingerprint density at radius 1 is 1.37 bits per heavy atom. The number of nitrogens with zero attached hydrogens (tertiary/aromatic N) is 1. The summed E-state index contributed by atoms with van der Waals surface area (Å²) in [6, 6.07) is 0. The average Bonchev–Trinajstić information content (AvgIpc) is 2.82. The molecular weight excluding hydrogens is 240 g/mol. The van der Waals surface area contributed by atoms with Gasteiger partial charge in [0.1, 0.15) is 5.54 Å². The predicted octanol–water partition coefficient (Wildman–Crippen LogP) is 2.47. The third-order valence-corrected chi connectivity index (χ3v) is 5.17. The van der Waals surface area contributed by atoms with Crippen LogP contribution in [0.5, 0.6) is 0 Å². The number of carboxylic acid groups (broad SMARTS) is 1. The van der Waals surface area contributed by atoms with E-state index < -0.39 is 11.5 Å². The van der Waals surface area contributed by atoms with E-state index in [1.807, 2.05) is 6.92 Å². The van der Waals surface area contributed by atoms with Crippen molar-refractivity contribution in [2.24, 2.45) is 11.1 Å². The van der Waals surface area contributed by atoms with Crippen molar-refractivity contribution in [2.75, 3.05) is 19.6 Å². The van der Waals surface area contributed by atoms with E-state index >= 15 is 0 Å².